The van der Waals surface area contributed by atoms with Gasteiger partial charge in [-0.1, -0.05) is 158 Å². The van der Waals surface area contributed by atoms with E-state index in [9.17, 15) is 0 Å². The van der Waals surface area contributed by atoms with E-state index in [1.165, 1.54) is 44.5 Å². The first kappa shape index (κ1) is 44.7. The molecule has 14 aromatic rings. The van der Waals surface area contributed by atoms with E-state index in [2.05, 4.69) is 252 Å². The van der Waals surface area contributed by atoms with E-state index < -0.39 is 5.41 Å². The van der Waals surface area contributed by atoms with E-state index in [1.807, 2.05) is 36.9 Å². The molecule has 1 spiro atoms. The third-order valence-electron chi connectivity index (χ3n) is 16.4. The van der Waals surface area contributed by atoms with Crippen LogP contribution in [0.15, 0.2) is 280 Å². The van der Waals surface area contributed by atoms with Crippen LogP contribution in [-0.2, 0) is 5.41 Å². The monoisotopic (exact) mass is 1010 g/mol. The molecule has 16 rings (SSSR count). The third kappa shape index (κ3) is 6.58. The average molecular weight is 1010 g/mol. The maximum Gasteiger partial charge on any atom is 0.0956 e. The Hall–Kier alpha value is -10.6. The van der Waals surface area contributed by atoms with Crippen molar-refractivity contribution in [3.05, 3.63) is 302 Å². The number of fused-ring (bicyclic) bond motifs is 14. The van der Waals surface area contributed by atoms with Crippen LogP contribution in [-0.4, -0.2) is 19.9 Å². The summed E-state index contributed by atoms with van der Waals surface area (Å²) in [4.78, 5) is 25.8. The number of aromatic nitrogens is 4. The molecule has 0 bridgehead atoms. The molecule has 6 heteroatoms. The highest BCUT2D eigenvalue weighted by molar-refractivity contribution is 6.22. The molecule has 0 fully saturated rings. The van der Waals surface area contributed by atoms with Gasteiger partial charge >= 0.3 is 0 Å². The van der Waals surface area contributed by atoms with Gasteiger partial charge in [-0.15, -0.1) is 0 Å². The van der Waals surface area contributed by atoms with Crippen LogP contribution >= 0.6 is 0 Å². The summed E-state index contributed by atoms with van der Waals surface area (Å²) < 4.78 is 0. The van der Waals surface area contributed by atoms with Crippen molar-refractivity contribution in [3.8, 4) is 44.5 Å². The minimum Gasteiger partial charge on any atom is -0.308 e. The zero-order valence-electron chi connectivity index (χ0n) is 42.7. The van der Waals surface area contributed by atoms with E-state index in [0.717, 1.165) is 100.0 Å². The molecule has 0 saturated carbocycles. The van der Waals surface area contributed by atoms with Crippen LogP contribution in [0.5, 0.6) is 0 Å². The molecule has 0 atom stereocenters. The molecule has 0 unspecified atom stereocenters. The fraction of sp³-hybridized carbons (Fsp3) is 0.0137. The van der Waals surface area contributed by atoms with Gasteiger partial charge in [-0.3, -0.25) is 19.9 Å². The first-order valence-corrected chi connectivity index (χ1v) is 26.9. The van der Waals surface area contributed by atoms with Gasteiger partial charge in [-0.25, -0.2) is 0 Å². The molecular formula is C73H46N6. The van der Waals surface area contributed by atoms with Crippen LogP contribution in [0.25, 0.3) is 88.1 Å². The van der Waals surface area contributed by atoms with Crippen LogP contribution in [0, 0.1) is 0 Å². The second-order valence-electron chi connectivity index (χ2n) is 20.4. The van der Waals surface area contributed by atoms with Crippen LogP contribution in [0.2, 0.25) is 0 Å². The van der Waals surface area contributed by atoms with Crippen molar-refractivity contribution in [2.24, 2.45) is 0 Å². The summed E-state index contributed by atoms with van der Waals surface area (Å²) in [6.07, 6.45) is 7.68. The molecule has 0 radical (unpaired) electrons. The number of rotatable bonds is 8. The number of anilines is 6. The fourth-order valence-electron chi connectivity index (χ4n) is 13.3. The largest absolute Gasteiger partial charge is 0.308 e. The topological polar surface area (TPSA) is 58.0 Å². The zero-order chi connectivity index (χ0) is 52.0. The summed E-state index contributed by atoms with van der Waals surface area (Å²) in [5.74, 6) is 0. The third-order valence-corrected chi connectivity index (χ3v) is 16.4. The van der Waals surface area contributed by atoms with Gasteiger partial charge in [0.15, 0.2) is 0 Å². The average Bonchev–Trinajstić information content (AvgIpc) is 4.10. The Morgan fingerprint density at radius 1 is 0.253 bits per heavy atom. The molecule has 10 aromatic carbocycles. The number of nitrogens with zero attached hydrogens (tertiary/aromatic N) is 6. The first-order chi connectivity index (χ1) is 39.3. The van der Waals surface area contributed by atoms with Crippen molar-refractivity contribution >= 4 is 77.7 Å². The van der Waals surface area contributed by atoms with Crippen molar-refractivity contribution in [1.29, 1.82) is 0 Å². The van der Waals surface area contributed by atoms with Crippen molar-refractivity contribution in [3.63, 3.8) is 0 Å². The number of para-hydroxylation sites is 4. The Balaban J connectivity index is 0.954. The number of pyridine rings is 4. The van der Waals surface area contributed by atoms with Crippen LogP contribution < -0.4 is 9.80 Å². The molecular weight excluding hydrogens is 961 g/mol. The molecule has 0 N–H and O–H groups in total. The Kier molecular flexibility index (Phi) is 10.1. The molecule has 6 nitrogen and oxygen atoms in total. The van der Waals surface area contributed by atoms with Crippen molar-refractivity contribution in [1.82, 2.24) is 19.9 Å². The zero-order valence-corrected chi connectivity index (χ0v) is 42.7. The standard InChI is InChI=1S/C73H46N6/c1-5-21-49(22-6-1)78(50-23-7-2-8-24-50)71-59-33-19-41-74-67(59)65(57-31-17-43-76-69(57)71)47-37-39-55-56-40-38-48(46-64(56)73(63(55)45-47)61-35-15-13-29-53(61)54-30-14-16-36-62(54)73)66-58-32-18-44-77-70(58)72(60-34-20-42-75-68(60)66)79(51-25-9-3-10-26-51)52-27-11-4-12-28-52/h1-46H. The molecule has 4 aromatic heterocycles. The SMILES string of the molecule is c1ccc(N(c2ccccc2)c2c3cccnc3c(-c3ccc4c(c3)C3(c5ccccc5-c5ccccc53)c3cc(-c5c6cccnc6c(N(c6ccccc6)c6ccccc6)c6cccnc56)ccc3-4)c3cccnc23)cc1. The van der Waals surface area contributed by atoms with Crippen LogP contribution in [0.3, 0.4) is 0 Å². The van der Waals surface area contributed by atoms with E-state index in [1.54, 1.807) is 0 Å². The Bertz CT molecular complexity index is 4240. The van der Waals surface area contributed by atoms with Crippen molar-refractivity contribution in [2.75, 3.05) is 9.80 Å². The van der Waals surface area contributed by atoms with Gasteiger partial charge in [0.25, 0.3) is 0 Å². The Morgan fingerprint density at radius 2 is 0.570 bits per heavy atom. The number of benzene rings is 10. The maximum absolute atomic E-state index is 5.31. The minimum atomic E-state index is -0.673. The lowest BCUT2D eigenvalue weighted by atomic mass is 9.70. The molecule has 79 heavy (non-hydrogen) atoms. The fourth-order valence-corrected chi connectivity index (χ4v) is 13.3. The predicted molar refractivity (Wildman–Crippen MR) is 324 cm³/mol. The van der Waals surface area contributed by atoms with E-state index in [-0.39, 0.29) is 0 Å². The van der Waals surface area contributed by atoms with Gasteiger partial charge in [0.2, 0.25) is 0 Å². The van der Waals surface area contributed by atoms with E-state index in [4.69, 9.17) is 19.9 Å². The second kappa shape index (κ2) is 17.8. The first-order valence-electron chi connectivity index (χ1n) is 26.9. The minimum absolute atomic E-state index is 0.673. The Labute approximate surface area is 456 Å². The van der Waals surface area contributed by atoms with Crippen molar-refractivity contribution < 1.29 is 0 Å². The smallest absolute Gasteiger partial charge is 0.0956 e. The molecule has 0 saturated heterocycles. The summed E-state index contributed by atoms with van der Waals surface area (Å²) in [5.41, 5.74) is 23.3. The predicted octanol–water partition coefficient (Wildman–Crippen LogP) is 18.5. The van der Waals surface area contributed by atoms with E-state index in [0.29, 0.717) is 0 Å². The second-order valence-corrected chi connectivity index (χ2v) is 20.4. The highest BCUT2D eigenvalue weighted by atomic mass is 15.2. The number of hydrogen-bond donors (Lipinski definition) is 0. The van der Waals surface area contributed by atoms with Gasteiger partial charge in [-0.2, -0.15) is 0 Å². The molecule has 368 valence electrons. The highest BCUT2D eigenvalue weighted by Gasteiger charge is 2.52. The number of hydrogen-bond acceptors (Lipinski definition) is 6. The van der Waals surface area contributed by atoms with Crippen LogP contribution in [0.4, 0.5) is 34.1 Å². The van der Waals surface area contributed by atoms with Crippen molar-refractivity contribution in [2.45, 2.75) is 5.41 Å². The quantitative estimate of drug-likeness (QED) is 0.141. The van der Waals surface area contributed by atoms with E-state index >= 15 is 0 Å². The van der Waals surface area contributed by atoms with Gasteiger partial charge in [0.1, 0.15) is 0 Å². The van der Waals surface area contributed by atoms with Gasteiger partial charge < -0.3 is 9.80 Å². The summed E-state index contributed by atoms with van der Waals surface area (Å²) >= 11 is 0. The molecule has 0 aliphatic heterocycles. The van der Waals surface area contributed by atoms with Gasteiger partial charge in [0.05, 0.1) is 38.9 Å². The Morgan fingerprint density at radius 3 is 0.949 bits per heavy atom. The maximum atomic E-state index is 5.31. The summed E-state index contributed by atoms with van der Waals surface area (Å²) in [6, 6.07) is 91.7. The van der Waals surface area contributed by atoms with Gasteiger partial charge in [0, 0.05) is 80.2 Å². The molecule has 0 amide bonds. The van der Waals surface area contributed by atoms with Gasteiger partial charge in [-0.05, 0) is 153 Å². The lowest BCUT2D eigenvalue weighted by Gasteiger charge is -2.31. The highest BCUT2D eigenvalue weighted by Crippen LogP contribution is 2.64. The molecule has 4 heterocycles. The summed E-state index contributed by atoms with van der Waals surface area (Å²) in [5, 5.41) is 4.09. The summed E-state index contributed by atoms with van der Waals surface area (Å²) in [6.45, 7) is 0. The molecule has 2 aliphatic carbocycles. The normalized spacial score (nSPS) is 12.7. The molecule has 2 aliphatic rings. The summed E-state index contributed by atoms with van der Waals surface area (Å²) in [7, 11) is 0. The lowest BCUT2D eigenvalue weighted by Crippen LogP contribution is -2.26. The van der Waals surface area contributed by atoms with Crippen LogP contribution in [0.1, 0.15) is 22.3 Å². The lowest BCUT2D eigenvalue weighted by molar-refractivity contribution is 0.794.